The number of hydrogen-bond acceptors (Lipinski definition) is 2. The molecule has 0 saturated carbocycles. The van der Waals surface area contributed by atoms with Crippen LogP contribution in [0.2, 0.25) is 0 Å². The lowest BCUT2D eigenvalue weighted by Gasteiger charge is -2.20. The fourth-order valence-electron chi connectivity index (χ4n) is 2.34. The lowest BCUT2D eigenvalue weighted by atomic mass is 9.87. The van der Waals surface area contributed by atoms with Crippen LogP contribution < -0.4 is 5.32 Å². The number of anilines is 1. The predicted molar refractivity (Wildman–Crippen MR) is 90.6 cm³/mol. The van der Waals surface area contributed by atoms with Gasteiger partial charge in [0, 0.05) is 0 Å². The zero-order chi connectivity index (χ0) is 18.8. The van der Waals surface area contributed by atoms with Crippen molar-refractivity contribution < 1.29 is 23.1 Å². The Morgan fingerprint density at radius 1 is 1.04 bits per heavy atom. The molecular formula is C19H20F3NO2. The van der Waals surface area contributed by atoms with Gasteiger partial charge in [0.25, 0.3) is 0 Å². The van der Waals surface area contributed by atoms with E-state index in [0.717, 1.165) is 17.7 Å². The van der Waals surface area contributed by atoms with Crippen LogP contribution in [0.25, 0.3) is 0 Å². The molecule has 0 bridgehead atoms. The van der Waals surface area contributed by atoms with E-state index in [0.29, 0.717) is 0 Å². The monoisotopic (exact) mass is 351 g/mol. The van der Waals surface area contributed by atoms with Gasteiger partial charge in [0.2, 0.25) is 5.91 Å². The van der Waals surface area contributed by atoms with Crippen molar-refractivity contribution in [2.75, 3.05) is 5.32 Å². The number of benzene rings is 2. The van der Waals surface area contributed by atoms with E-state index in [-0.39, 0.29) is 28.8 Å². The summed E-state index contributed by atoms with van der Waals surface area (Å²) in [7, 11) is 0. The van der Waals surface area contributed by atoms with Gasteiger partial charge in [0.15, 0.2) is 0 Å². The Kier molecular flexibility index (Phi) is 5.11. The van der Waals surface area contributed by atoms with E-state index >= 15 is 0 Å². The number of phenols is 1. The average Bonchev–Trinajstić information content (AvgIpc) is 2.47. The molecule has 0 aliphatic rings. The number of nitrogens with one attached hydrogen (secondary N) is 1. The summed E-state index contributed by atoms with van der Waals surface area (Å²) in [5, 5.41) is 12.5. The van der Waals surface area contributed by atoms with Crippen molar-refractivity contribution >= 4 is 11.6 Å². The highest BCUT2D eigenvalue weighted by Crippen LogP contribution is 2.31. The number of carbonyl (C=O) groups excluding carboxylic acids is 1. The lowest BCUT2D eigenvalue weighted by molar-refractivity contribution is -0.137. The molecule has 1 amide bonds. The van der Waals surface area contributed by atoms with E-state index in [1.54, 1.807) is 12.1 Å². The Morgan fingerprint density at radius 3 is 2.32 bits per heavy atom. The van der Waals surface area contributed by atoms with Crippen LogP contribution in [0.4, 0.5) is 18.9 Å². The quantitative estimate of drug-likeness (QED) is 0.774. The number of phenolic OH excluding ortho intramolecular Hbond substituents is 1. The molecule has 0 unspecified atom stereocenters. The maximum Gasteiger partial charge on any atom is 0.416 e. The molecule has 0 spiro atoms. The van der Waals surface area contributed by atoms with Gasteiger partial charge in [-0.3, -0.25) is 4.79 Å². The van der Waals surface area contributed by atoms with Crippen molar-refractivity contribution in [1.29, 1.82) is 0 Å². The van der Waals surface area contributed by atoms with Crippen molar-refractivity contribution in [2.24, 2.45) is 0 Å². The molecule has 0 aliphatic heterocycles. The largest absolute Gasteiger partial charge is 0.506 e. The van der Waals surface area contributed by atoms with E-state index in [1.165, 1.54) is 18.2 Å². The van der Waals surface area contributed by atoms with Gasteiger partial charge in [-0.25, -0.2) is 0 Å². The lowest BCUT2D eigenvalue weighted by Crippen LogP contribution is -2.17. The number of rotatable bonds is 3. The summed E-state index contributed by atoms with van der Waals surface area (Å²) in [5.74, 6) is -0.592. The molecule has 0 atom stereocenters. The predicted octanol–water partition coefficient (Wildman–Crippen LogP) is 4.89. The number of amides is 1. The minimum Gasteiger partial charge on any atom is -0.506 e. The molecule has 0 radical (unpaired) electrons. The summed E-state index contributed by atoms with van der Waals surface area (Å²) in [6, 6.07) is 9.55. The third-order valence-electron chi connectivity index (χ3n) is 3.76. The Hall–Kier alpha value is -2.50. The third-order valence-corrected chi connectivity index (χ3v) is 3.76. The number of aromatic hydroxyl groups is 1. The van der Waals surface area contributed by atoms with Crippen molar-refractivity contribution in [1.82, 2.24) is 0 Å². The Morgan fingerprint density at radius 2 is 1.72 bits per heavy atom. The molecule has 25 heavy (non-hydrogen) atoms. The molecule has 0 heterocycles. The molecular weight excluding hydrogens is 331 g/mol. The molecule has 0 aliphatic carbocycles. The van der Waals surface area contributed by atoms with E-state index in [9.17, 15) is 23.1 Å². The number of hydrogen-bond donors (Lipinski definition) is 2. The van der Waals surface area contributed by atoms with Gasteiger partial charge in [0.1, 0.15) is 5.75 Å². The highest BCUT2D eigenvalue weighted by molar-refractivity contribution is 5.93. The van der Waals surface area contributed by atoms with Crippen molar-refractivity contribution in [3.8, 4) is 5.75 Å². The summed E-state index contributed by atoms with van der Waals surface area (Å²) >= 11 is 0. The molecule has 0 aromatic heterocycles. The summed E-state index contributed by atoms with van der Waals surface area (Å²) < 4.78 is 38.2. The minimum atomic E-state index is -4.45. The van der Waals surface area contributed by atoms with Gasteiger partial charge in [-0.2, -0.15) is 13.2 Å². The zero-order valence-corrected chi connectivity index (χ0v) is 14.2. The van der Waals surface area contributed by atoms with Gasteiger partial charge in [-0.1, -0.05) is 45.0 Å². The zero-order valence-electron chi connectivity index (χ0n) is 14.2. The molecule has 0 saturated heterocycles. The van der Waals surface area contributed by atoms with E-state index in [4.69, 9.17) is 0 Å². The summed E-state index contributed by atoms with van der Waals surface area (Å²) in [5.41, 5.74) is 0.437. The molecule has 3 nitrogen and oxygen atoms in total. The standard InChI is InChI=1S/C19H20F3NO2/c1-18(2,3)13-7-8-16(24)15(11-13)23-17(25)10-12-5-4-6-14(9-12)19(20,21)22/h4-9,11,24H,10H2,1-3H3,(H,23,25). The summed E-state index contributed by atoms with van der Waals surface area (Å²) in [4.78, 5) is 12.2. The second-order valence-electron chi connectivity index (χ2n) is 6.91. The molecule has 2 N–H and O–H groups in total. The van der Waals surface area contributed by atoms with Gasteiger partial charge < -0.3 is 10.4 Å². The van der Waals surface area contributed by atoms with Crippen molar-refractivity contribution in [3.05, 3.63) is 59.2 Å². The van der Waals surface area contributed by atoms with Gasteiger partial charge >= 0.3 is 6.18 Å². The van der Waals surface area contributed by atoms with Gasteiger partial charge in [-0.15, -0.1) is 0 Å². The fraction of sp³-hybridized carbons (Fsp3) is 0.316. The molecule has 2 aromatic rings. The molecule has 2 rings (SSSR count). The van der Waals surface area contributed by atoms with E-state index in [2.05, 4.69) is 5.32 Å². The average molecular weight is 351 g/mol. The first-order valence-electron chi connectivity index (χ1n) is 7.76. The first-order valence-corrected chi connectivity index (χ1v) is 7.76. The smallest absolute Gasteiger partial charge is 0.416 e. The van der Waals surface area contributed by atoms with Gasteiger partial charge in [-0.05, 0) is 34.7 Å². The minimum absolute atomic E-state index is 0.0922. The summed E-state index contributed by atoms with van der Waals surface area (Å²) in [6.07, 6.45) is -4.67. The van der Waals surface area contributed by atoms with Crippen LogP contribution in [-0.4, -0.2) is 11.0 Å². The molecule has 6 heteroatoms. The topological polar surface area (TPSA) is 49.3 Å². The van der Waals surface area contributed by atoms with Crippen LogP contribution in [0.1, 0.15) is 37.5 Å². The number of alkyl halides is 3. The van der Waals surface area contributed by atoms with Gasteiger partial charge in [0.05, 0.1) is 17.7 Å². The first-order chi connectivity index (χ1) is 11.5. The molecule has 134 valence electrons. The molecule has 2 aromatic carbocycles. The van der Waals surface area contributed by atoms with Crippen LogP contribution in [0, 0.1) is 0 Å². The normalized spacial score (nSPS) is 12.1. The second-order valence-corrected chi connectivity index (χ2v) is 6.91. The highest BCUT2D eigenvalue weighted by Gasteiger charge is 2.30. The maximum absolute atomic E-state index is 12.7. The van der Waals surface area contributed by atoms with Crippen LogP contribution in [0.3, 0.4) is 0 Å². The van der Waals surface area contributed by atoms with Crippen LogP contribution in [0.5, 0.6) is 5.75 Å². The fourth-order valence-corrected chi connectivity index (χ4v) is 2.34. The van der Waals surface area contributed by atoms with Crippen LogP contribution >= 0.6 is 0 Å². The SMILES string of the molecule is CC(C)(C)c1ccc(O)c(NC(=O)Cc2cccc(C(F)(F)F)c2)c1. The highest BCUT2D eigenvalue weighted by atomic mass is 19.4. The number of halogens is 3. The maximum atomic E-state index is 12.7. The van der Waals surface area contributed by atoms with Crippen molar-refractivity contribution in [3.63, 3.8) is 0 Å². The first kappa shape index (κ1) is 18.8. The third kappa shape index (κ3) is 4.98. The van der Waals surface area contributed by atoms with Crippen LogP contribution in [-0.2, 0) is 22.8 Å². The van der Waals surface area contributed by atoms with Crippen LogP contribution in [0.15, 0.2) is 42.5 Å². The van der Waals surface area contributed by atoms with E-state index < -0.39 is 17.6 Å². The Labute approximate surface area is 144 Å². The second kappa shape index (κ2) is 6.78. The Bertz CT molecular complexity index is 777. The van der Waals surface area contributed by atoms with E-state index in [1.807, 2.05) is 20.8 Å². The van der Waals surface area contributed by atoms with Crippen molar-refractivity contribution in [2.45, 2.75) is 38.8 Å². The molecule has 0 fully saturated rings. The summed E-state index contributed by atoms with van der Waals surface area (Å²) in [6.45, 7) is 5.98. The Balaban J connectivity index is 2.16. The number of carbonyl (C=O) groups is 1.